The van der Waals surface area contributed by atoms with Gasteiger partial charge in [0.2, 0.25) is 5.91 Å². The molecule has 2 fully saturated rings. The zero-order chi connectivity index (χ0) is 19.3. The molecule has 0 radical (unpaired) electrons. The largest absolute Gasteiger partial charge is 0.356 e. The summed E-state index contributed by atoms with van der Waals surface area (Å²) in [5, 5.41) is 2.91. The molecule has 1 saturated heterocycles. The standard InChI is InChI=1S/C22H25N3O3/c26-19-15-28-21(20(24-19)18-10-5-11-23-12-18)22(27)25(14-17-8-4-9-17)13-16-6-2-1-3-7-16/h1-3,5-7,10-12,17,20-21H,4,8-9,13-15H2,(H,24,26). The first kappa shape index (κ1) is 18.6. The third-order valence-corrected chi connectivity index (χ3v) is 5.53. The number of ether oxygens (including phenoxy) is 1. The van der Waals surface area contributed by atoms with Gasteiger partial charge in [-0.1, -0.05) is 42.8 Å². The molecule has 1 N–H and O–H groups in total. The van der Waals surface area contributed by atoms with E-state index in [0.29, 0.717) is 12.5 Å². The van der Waals surface area contributed by atoms with Crippen LogP contribution in [0.5, 0.6) is 0 Å². The van der Waals surface area contributed by atoms with Crippen molar-refractivity contribution < 1.29 is 14.3 Å². The van der Waals surface area contributed by atoms with Crippen molar-refractivity contribution in [1.82, 2.24) is 15.2 Å². The number of pyridine rings is 1. The second-order valence-electron chi connectivity index (χ2n) is 7.56. The van der Waals surface area contributed by atoms with E-state index in [4.69, 9.17) is 4.74 Å². The first-order chi connectivity index (χ1) is 13.7. The van der Waals surface area contributed by atoms with Crippen molar-refractivity contribution in [3.05, 3.63) is 66.0 Å². The highest BCUT2D eigenvalue weighted by Crippen LogP contribution is 2.30. The molecular weight excluding hydrogens is 354 g/mol. The van der Waals surface area contributed by atoms with Crippen molar-refractivity contribution in [3.8, 4) is 0 Å². The van der Waals surface area contributed by atoms with Gasteiger partial charge in [0.1, 0.15) is 6.61 Å². The van der Waals surface area contributed by atoms with Crippen LogP contribution in [-0.2, 0) is 20.9 Å². The van der Waals surface area contributed by atoms with Crippen molar-refractivity contribution in [1.29, 1.82) is 0 Å². The Kier molecular flexibility index (Phi) is 5.67. The molecule has 2 unspecified atom stereocenters. The van der Waals surface area contributed by atoms with E-state index in [1.165, 1.54) is 6.42 Å². The van der Waals surface area contributed by atoms with E-state index >= 15 is 0 Å². The van der Waals surface area contributed by atoms with Crippen LogP contribution in [0.4, 0.5) is 0 Å². The zero-order valence-electron chi connectivity index (χ0n) is 15.8. The lowest BCUT2D eigenvalue weighted by Crippen LogP contribution is -2.54. The fraction of sp³-hybridized carbons (Fsp3) is 0.409. The first-order valence-electron chi connectivity index (χ1n) is 9.84. The zero-order valence-corrected chi connectivity index (χ0v) is 15.8. The van der Waals surface area contributed by atoms with Gasteiger partial charge in [-0.05, 0) is 36.0 Å². The summed E-state index contributed by atoms with van der Waals surface area (Å²) < 4.78 is 5.74. The number of nitrogens with one attached hydrogen (secondary N) is 1. The van der Waals surface area contributed by atoms with Crippen LogP contribution in [0.25, 0.3) is 0 Å². The van der Waals surface area contributed by atoms with E-state index in [9.17, 15) is 9.59 Å². The molecule has 0 bridgehead atoms. The van der Waals surface area contributed by atoms with Crippen molar-refractivity contribution >= 4 is 11.8 Å². The molecule has 2 atom stereocenters. The third kappa shape index (κ3) is 4.22. The molecule has 1 aromatic heterocycles. The second kappa shape index (κ2) is 8.52. The molecule has 1 saturated carbocycles. The Morgan fingerprint density at radius 2 is 2.00 bits per heavy atom. The Morgan fingerprint density at radius 3 is 2.68 bits per heavy atom. The number of hydrogen-bond donors (Lipinski definition) is 1. The lowest BCUT2D eigenvalue weighted by atomic mass is 9.85. The van der Waals surface area contributed by atoms with Gasteiger partial charge in [0.25, 0.3) is 5.91 Å². The summed E-state index contributed by atoms with van der Waals surface area (Å²) in [5.41, 5.74) is 1.87. The molecule has 1 aliphatic carbocycles. The molecule has 2 aliphatic rings. The van der Waals surface area contributed by atoms with E-state index in [1.54, 1.807) is 18.5 Å². The minimum atomic E-state index is -0.745. The van der Waals surface area contributed by atoms with Crippen LogP contribution in [-0.4, -0.2) is 41.0 Å². The topological polar surface area (TPSA) is 71.5 Å². The van der Waals surface area contributed by atoms with Crippen molar-refractivity contribution in [2.24, 2.45) is 5.92 Å². The average Bonchev–Trinajstić information content (AvgIpc) is 2.70. The number of hydrogen-bond acceptors (Lipinski definition) is 4. The Morgan fingerprint density at radius 1 is 1.18 bits per heavy atom. The first-order valence-corrected chi connectivity index (χ1v) is 9.84. The fourth-order valence-corrected chi connectivity index (χ4v) is 3.79. The van der Waals surface area contributed by atoms with Crippen LogP contribution in [0.1, 0.15) is 36.4 Å². The summed E-state index contributed by atoms with van der Waals surface area (Å²) in [6.07, 6.45) is 6.15. The normalized spacial score (nSPS) is 22.2. The molecule has 1 aromatic carbocycles. The van der Waals surface area contributed by atoms with Crippen LogP contribution < -0.4 is 5.32 Å². The molecule has 0 spiro atoms. The van der Waals surface area contributed by atoms with Gasteiger partial charge in [-0.3, -0.25) is 14.6 Å². The molecular formula is C22H25N3O3. The summed E-state index contributed by atoms with van der Waals surface area (Å²) in [6, 6.07) is 13.1. The van der Waals surface area contributed by atoms with E-state index in [0.717, 1.165) is 30.5 Å². The number of morpholine rings is 1. The third-order valence-electron chi connectivity index (χ3n) is 5.53. The van der Waals surface area contributed by atoms with E-state index in [1.807, 2.05) is 41.3 Å². The Labute approximate surface area is 164 Å². The molecule has 2 heterocycles. The quantitative estimate of drug-likeness (QED) is 0.837. The molecule has 6 nitrogen and oxygen atoms in total. The van der Waals surface area contributed by atoms with Crippen LogP contribution in [0.3, 0.4) is 0 Å². The Bertz CT molecular complexity index is 808. The number of amides is 2. The van der Waals surface area contributed by atoms with Gasteiger partial charge in [-0.25, -0.2) is 0 Å². The van der Waals surface area contributed by atoms with E-state index in [-0.39, 0.29) is 18.4 Å². The van der Waals surface area contributed by atoms with Crippen molar-refractivity contribution in [2.45, 2.75) is 38.0 Å². The predicted molar refractivity (Wildman–Crippen MR) is 104 cm³/mol. The highest BCUT2D eigenvalue weighted by atomic mass is 16.5. The molecule has 2 amide bonds. The van der Waals surface area contributed by atoms with E-state index in [2.05, 4.69) is 10.3 Å². The average molecular weight is 379 g/mol. The Hall–Kier alpha value is -2.73. The minimum absolute atomic E-state index is 0.0791. The summed E-state index contributed by atoms with van der Waals surface area (Å²) >= 11 is 0. The van der Waals surface area contributed by atoms with E-state index < -0.39 is 12.1 Å². The summed E-state index contributed by atoms with van der Waals surface area (Å²) in [4.78, 5) is 31.4. The maximum Gasteiger partial charge on any atom is 0.254 e. The lowest BCUT2D eigenvalue weighted by molar-refractivity contribution is -0.156. The van der Waals surface area contributed by atoms with Gasteiger partial charge in [0, 0.05) is 25.5 Å². The van der Waals surface area contributed by atoms with Crippen LogP contribution >= 0.6 is 0 Å². The molecule has 6 heteroatoms. The maximum absolute atomic E-state index is 13.5. The number of benzene rings is 1. The molecule has 28 heavy (non-hydrogen) atoms. The van der Waals surface area contributed by atoms with Gasteiger partial charge >= 0.3 is 0 Å². The summed E-state index contributed by atoms with van der Waals surface area (Å²) in [5.74, 6) is 0.249. The van der Waals surface area contributed by atoms with Gasteiger partial charge in [-0.15, -0.1) is 0 Å². The number of rotatable bonds is 6. The second-order valence-corrected chi connectivity index (χ2v) is 7.56. The molecule has 2 aromatic rings. The van der Waals surface area contributed by atoms with Crippen molar-refractivity contribution in [3.63, 3.8) is 0 Å². The summed E-state index contributed by atoms with van der Waals surface area (Å²) in [6.45, 7) is 1.17. The monoisotopic (exact) mass is 379 g/mol. The smallest absolute Gasteiger partial charge is 0.254 e. The number of carbonyl (C=O) groups excluding carboxylic acids is 2. The van der Waals surface area contributed by atoms with Crippen molar-refractivity contribution in [2.75, 3.05) is 13.2 Å². The van der Waals surface area contributed by atoms with Gasteiger partial charge in [0.15, 0.2) is 6.10 Å². The van der Waals surface area contributed by atoms with Crippen LogP contribution in [0, 0.1) is 5.92 Å². The fourth-order valence-electron chi connectivity index (χ4n) is 3.79. The number of carbonyl (C=O) groups is 2. The van der Waals surface area contributed by atoms with Gasteiger partial charge in [-0.2, -0.15) is 0 Å². The predicted octanol–water partition coefficient (Wildman–Crippen LogP) is 2.47. The van der Waals surface area contributed by atoms with Crippen LogP contribution in [0.2, 0.25) is 0 Å². The highest BCUT2D eigenvalue weighted by molar-refractivity contribution is 5.86. The lowest BCUT2D eigenvalue weighted by Gasteiger charge is -2.38. The summed E-state index contributed by atoms with van der Waals surface area (Å²) in [7, 11) is 0. The minimum Gasteiger partial charge on any atom is -0.356 e. The highest BCUT2D eigenvalue weighted by Gasteiger charge is 2.39. The van der Waals surface area contributed by atoms with Gasteiger partial charge < -0.3 is 15.0 Å². The number of aromatic nitrogens is 1. The molecule has 1 aliphatic heterocycles. The molecule has 4 rings (SSSR count). The van der Waals surface area contributed by atoms with Gasteiger partial charge in [0.05, 0.1) is 6.04 Å². The SMILES string of the molecule is O=C1COC(C(=O)N(Cc2ccccc2)CC2CCC2)C(c2cccnc2)N1. The number of nitrogens with zero attached hydrogens (tertiary/aromatic N) is 2. The maximum atomic E-state index is 13.5. The Balaban J connectivity index is 1.57. The molecule has 146 valence electrons. The van der Waals surface area contributed by atoms with Crippen LogP contribution in [0.15, 0.2) is 54.9 Å².